The molecule has 154 valence electrons. The normalized spacial score (nSPS) is 13.8. The van der Waals surface area contributed by atoms with Gasteiger partial charge in [0.05, 0.1) is 12.4 Å². The molecule has 0 N–H and O–H groups in total. The Morgan fingerprint density at radius 2 is 1.08 bits per heavy atom. The van der Waals surface area contributed by atoms with Gasteiger partial charge in [0.25, 0.3) is 10.1 Å². The van der Waals surface area contributed by atoms with Gasteiger partial charge in [0, 0.05) is 0 Å². The van der Waals surface area contributed by atoms with E-state index in [1.165, 1.54) is 38.5 Å². The summed E-state index contributed by atoms with van der Waals surface area (Å²) >= 11 is 0. The predicted octanol–water partition coefficient (Wildman–Crippen LogP) is 6.94. The Morgan fingerprint density at radius 3 is 1.42 bits per heavy atom. The van der Waals surface area contributed by atoms with E-state index in [1.807, 2.05) is 0 Å². The monoisotopic (exact) mass is 386 g/mol. The molecule has 0 aromatic rings. The average Bonchev–Trinajstić information content (AvgIpc) is 2.58. The molecular weight excluding hydrogens is 344 g/mol. The second-order valence-electron chi connectivity index (χ2n) is 7.22. The Labute approximate surface area is 163 Å². The summed E-state index contributed by atoms with van der Waals surface area (Å²) in [6.45, 7) is 4.43. The second kappa shape index (κ2) is 17.8. The van der Waals surface area contributed by atoms with E-state index in [4.69, 9.17) is 4.18 Å². The molecule has 0 aliphatic carbocycles. The molecule has 0 fully saturated rings. The molecule has 0 aliphatic heterocycles. The molecule has 0 aromatic heterocycles. The van der Waals surface area contributed by atoms with Gasteiger partial charge < -0.3 is 0 Å². The van der Waals surface area contributed by atoms with E-state index in [0.29, 0.717) is 0 Å². The molecule has 0 bridgehead atoms. The quantitative estimate of drug-likeness (QED) is 0.145. The third-order valence-electron chi connectivity index (χ3n) is 4.39. The van der Waals surface area contributed by atoms with E-state index in [2.05, 4.69) is 38.2 Å². The van der Waals surface area contributed by atoms with Crippen LogP contribution < -0.4 is 0 Å². The van der Waals surface area contributed by atoms with Crippen LogP contribution in [0.3, 0.4) is 0 Å². The van der Waals surface area contributed by atoms with Gasteiger partial charge in [-0.3, -0.25) is 4.18 Å². The molecule has 0 amide bonds. The van der Waals surface area contributed by atoms with Crippen LogP contribution in [-0.4, -0.2) is 20.8 Å². The SMILES string of the molecule is CCCCCC=CCCCC(CCCC=CCCCCC)OS(C)(=O)=O. The Balaban J connectivity index is 3.98. The van der Waals surface area contributed by atoms with Crippen LogP contribution in [0.15, 0.2) is 24.3 Å². The maximum atomic E-state index is 11.5. The molecule has 0 saturated heterocycles. The van der Waals surface area contributed by atoms with Crippen LogP contribution in [0.5, 0.6) is 0 Å². The van der Waals surface area contributed by atoms with Crippen molar-refractivity contribution in [3.63, 3.8) is 0 Å². The first-order valence-corrected chi connectivity index (χ1v) is 12.5. The highest BCUT2D eigenvalue weighted by Crippen LogP contribution is 2.16. The zero-order valence-electron chi connectivity index (χ0n) is 17.4. The summed E-state index contributed by atoms with van der Waals surface area (Å²) < 4.78 is 28.2. The molecule has 0 saturated carbocycles. The lowest BCUT2D eigenvalue weighted by molar-refractivity contribution is 0.185. The minimum Gasteiger partial charge on any atom is -0.267 e. The van der Waals surface area contributed by atoms with Crippen LogP contribution in [0.1, 0.15) is 104 Å². The van der Waals surface area contributed by atoms with Gasteiger partial charge in [-0.15, -0.1) is 0 Å². The fourth-order valence-electron chi connectivity index (χ4n) is 2.91. The van der Waals surface area contributed by atoms with Crippen molar-refractivity contribution in [3.05, 3.63) is 24.3 Å². The number of allylic oxidation sites excluding steroid dienone is 4. The van der Waals surface area contributed by atoms with Crippen molar-refractivity contribution in [1.29, 1.82) is 0 Å². The summed E-state index contributed by atoms with van der Waals surface area (Å²) in [4.78, 5) is 0. The summed E-state index contributed by atoms with van der Waals surface area (Å²) in [5.74, 6) is 0. The Hall–Kier alpha value is -0.610. The van der Waals surface area contributed by atoms with Crippen molar-refractivity contribution in [2.75, 3.05) is 6.26 Å². The van der Waals surface area contributed by atoms with Crippen LogP contribution in [0, 0.1) is 0 Å². The topological polar surface area (TPSA) is 43.4 Å². The number of unbranched alkanes of at least 4 members (excludes halogenated alkanes) is 8. The number of hydrogen-bond acceptors (Lipinski definition) is 3. The first-order valence-electron chi connectivity index (χ1n) is 10.7. The maximum absolute atomic E-state index is 11.5. The van der Waals surface area contributed by atoms with Crippen molar-refractivity contribution in [2.24, 2.45) is 0 Å². The first kappa shape index (κ1) is 25.4. The van der Waals surface area contributed by atoms with E-state index >= 15 is 0 Å². The highest BCUT2D eigenvalue weighted by atomic mass is 32.2. The van der Waals surface area contributed by atoms with E-state index < -0.39 is 10.1 Å². The standard InChI is InChI=1S/C22H42O3S/c1-4-6-8-10-12-14-16-18-20-22(25-26(3,23)24)21-19-17-15-13-11-9-7-5-2/h12-15,22H,4-11,16-21H2,1-3H3. The lowest BCUT2D eigenvalue weighted by Gasteiger charge is -2.15. The third kappa shape index (κ3) is 19.7. The van der Waals surface area contributed by atoms with Crippen molar-refractivity contribution < 1.29 is 12.6 Å². The first-order chi connectivity index (χ1) is 12.5. The van der Waals surface area contributed by atoms with Gasteiger partial charge in [-0.05, 0) is 64.2 Å². The summed E-state index contributed by atoms with van der Waals surface area (Å²) in [7, 11) is -3.37. The zero-order chi connectivity index (χ0) is 19.5. The van der Waals surface area contributed by atoms with Crippen molar-refractivity contribution >= 4 is 10.1 Å². The van der Waals surface area contributed by atoms with Gasteiger partial charge in [0.15, 0.2) is 0 Å². The van der Waals surface area contributed by atoms with Gasteiger partial charge in [-0.1, -0.05) is 63.8 Å². The van der Waals surface area contributed by atoms with Crippen LogP contribution in [0.25, 0.3) is 0 Å². The molecule has 4 heteroatoms. The van der Waals surface area contributed by atoms with Crippen molar-refractivity contribution in [1.82, 2.24) is 0 Å². The fourth-order valence-corrected chi connectivity index (χ4v) is 3.60. The summed E-state index contributed by atoms with van der Waals surface area (Å²) in [5.41, 5.74) is 0. The summed E-state index contributed by atoms with van der Waals surface area (Å²) in [6, 6.07) is 0. The second-order valence-corrected chi connectivity index (χ2v) is 8.82. The van der Waals surface area contributed by atoms with E-state index in [0.717, 1.165) is 57.6 Å². The Bertz CT molecular complexity index is 426. The summed E-state index contributed by atoms with van der Waals surface area (Å²) in [5, 5.41) is 0. The highest BCUT2D eigenvalue weighted by Gasteiger charge is 2.14. The number of rotatable bonds is 18. The zero-order valence-corrected chi connectivity index (χ0v) is 18.2. The molecule has 0 aliphatic rings. The molecule has 0 aromatic carbocycles. The predicted molar refractivity (Wildman–Crippen MR) is 114 cm³/mol. The van der Waals surface area contributed by atoms with Crippen molar-refractivity contribution in [2.45, 2.75) is 110 Å². The van der Waals surface area contributed by atoms with E-state index in [1.54, 1.807) is 0 Å². The van der Waals surface area contributed by atoms with Crippen LogP contribution in [0.4, 0.5) is 0 Å². The largest absolute Gasteiger partial charge is 0.267 e. The van der Waals surface area contributed by atoms with E-state index in [-0.39, 0.29) is 6.10 Å². The molecule has 0 radical (unpaired) electrons. The Morgan fingerprint density at radius 1 is 0.692 bits per heavy atom. The molecule has 0 heterocycles. The molecule has 26 heavy (non-hydrogen) atoms. The highest BCUT2D eigenvalue weighted by molar-refractivity contribution is 7.86. The molecule has 0 atom stereocenters. The smallest absolute Gasteiger partial charge is 0.264 e. The van der Waals surface area contributed by atoms with Gasteiger partial charge in [-0.25, -0.2) is 0 Å². The van der Waals surface area contributed by atoms with Crippen LogP contribution in [0.2, 0.25) is 0 Å². The molecular formula is C22H42O3S. The average molecular weight is 387 g/mol. The van der Waals surface area contributed by atoms with Gasteiger partial charge in [-0.2, -0.15) is 8.42 Å². The van der Waals surface area contributed by atoms with Crippen molar-refractivity contribution in [3.8, 4) is 0 Å². The summed E-state index contributed by atoms with van der Waals surface area (Å²) in [6.07, 6.45) is 25.5. The Kier molecular flexibility index (Phi) is 17.4. The molecule has 0 spiro atoms. The van der Waals surface area contributed by atoms with Gasteiger partial charge in [0.2, 0.25) is 0 Å². The minimum atomic E-state index is -3.37. The van der Waals surface area contributed by atoms with E-state index in [9.17, 15) is 8.42 Å². The number of hydrogen-bond donors (Lipinski definition) is 0. The fraction of sp³-hybridized carbons (Fsp3) is 0.818. The third-order valence-corrected chi connectivity index (χ3v) is 5.01. The van der Waals surface area contributed by atoms with Gasteiger partial charge in [0.1, 0.15) is 0 Å². The van der Waals surface area contributed by atoms with Crippen LogP contribution >= 0.6 is 0 Å². The lowest BCUT2D eigenvalue weighted by atomic mass is 10.1. The van der Waals surface area contributed by atoms with Crippen LogP contribution in [-0.2, 0) is 14.3 Å². The molecule has 3 nitrogen and oxygen atoms in total. The lowest BCUT2D eigenvalue weighted by Crippen LogP contribution is -2.17. The van der Waals surface area contributed by atoms with Gasteiger partial charge >= 0.3 is 0 Å². The maximum Gasteiger partial charge on any atom is 0.264 e. The minimum absolute atomic E-state index is 0.174. The molecule has 0 rings (SSSR count). The molecule has 0 unspecified atom stereocenters.